The Labute approximate surface area is 448 Å². The van der Waals surface area contributed by atoms with Crippen LogP contribution in [0.1, 0.15) is 28.7 Å². The Kier molecular flexibility index (Phi) is 10.3. The third kappa shape index (κ3) is 6.91. The van der Waals surface area contributed by atoms with Crippen molar-refractivity contribution in [2.75, 3.05) is 9.80 Å². The van der Waals surface area contributed by atoms with Gasteiger partial charge in [0.05, 0.1) is 22.5 Å². The van der Waals surface area contributed by atoms with Crippen LogP contribution in [0, 0.1) is 0 Å². The highest BCUT2D eigenvalue weighted by molar-refractivity contribution is 6.15. The summed E-state index contributed by atoms with van der Waals surface area (Å²) in [6, 6.07) is 93.5. The average molecular weight is 983 g/mol. The highest BCUT2D eigenvalue weighted by atomic mass is 16.3. The number of rotatable bonds is 5. The topological polar surface area (TPSA) is 19.6 Å². The highest BCUT2D eigenvalue weighted by Gasteiger charge is 2.47. The molecule has 3 aliphatic rings. The molecule has 77 heavy (non-hydrogen) atoms. The number of nitrogens with zero attached hydrogens (tertiary/aromatic N) is 2. The van der Waals surface area contributed by atoms with E-state index in [4.69, 9.17) is 4.42 Å². The van der Waals surface area contributed by atoms with Gasteiger partial charge in [0.1, 0.15) is 11.2 Å². The lowest BCUT2D eigenvalue weighted by Crippen LogP contribution is -2.28. The van der Waals surface area contributed by atoms with Gasteiger partial charge in [-0.2, -0.15) is 0 Å². The van der Waals surface area contributed by atoms with Gasteiger partial charge in [-0.1, -0.05) is 219 Å². The molecule has 15 rings (SSSR count). The Morgan fingerprint density at radius 1 is 0.416 bits per heavy atom. The van der Waals surface area contributed by atoms with E-state index in [0.717, 1.165) is 95.0 Å². The molecule has 0 saturated carbocycles. The van der Waals surface area contributed by atoms with Gasteiger partial charge in [0.25, 0.3) is 0 Å². The molecule has 0 N–H and O–H groups in total. The second-order valence-electron chi connectivity index (χ2n) is 20.4. The summed E-state index contributed by atoms with van der Waals surface area (Å²) < 4.78 is 6.67. The third-order valence-corrected chi connectivity index (χ3v) is 16.3. The lowest BCUT2D eigenvalue weighted by Gasteiger charge is -2.36. The van der Waals surface area contributed by atoms with Crippen LogP contribution in [0.2, 0.25) is 0 Å². The summed E-state index contributed by atoms with van der Waals surface area (Å²) >= 11 is 0. The van der Waals surface area contributed by atoms with Gasteiger partial charge in [-0.15, -0.1) is 0 Å². The molecule has 1 spiro atoms. The maximum absolute atomic E-state index is 6.67. The van der Waals surface area contributed by atoms with Crippen LogP contribution in [0.5, 0.6) is 0 Å². The van der Waals surface area contributed by atoms with Gasteiger partial charge in [-0.3, -0.25) is 0 Å². The molecule has 1 atom stereocenters. The van der Waals surface area contributed by atoms with Gasteiger partial charge in [0.2, 0.25) is 0 Å². The molecule has 2 heterocycles. The molecule has 0 fully saturated rings. The van der Waals surface area contributed by atoms with Crippen LogP contribution >= 0.6 is 0 Å². The first-order chi connectivity index (χ1) is 38.1. The molecule has 1 aliphatic heterocycles. The molecular formula is C74H50N2O. The molecule has 0 radical (unpaired) electrons. The molecule has 0 saturated heterocycles. The number of para-hydroxylation sites is 4. The van der Waals surface area contributed by atoms with E-state index >= 15 is 0 Å². The second kappa shape index (κ2) is 17.9. The molecule has 1 unspecified atom stereocenters. The Morgan fingerprint density at radius 2 is 1.03 bits per heavy atom. The van der Waals surface area contributed by atoms with E-state index in [0.29, 0.717) is 6.42 Å². The van der Waals surface area contributed by atoms with Crippen molar-refractivity contribution < 1.29 is 4.42 Å². The van der Waals surface area contributed by atoms with Crippen LogP contribution in [-0.4, -0.2) is 0 Å². The fraction of sp³-hybridized carbons (Fsp3) is 0.0270. The normalized spacial score (nSPS) is 15.7. The van der Waals surface area contributed by atoms with E-state index in [1.165, 1.54) is 44.5 Å². The lowest BCUT2D eigenvalue weighted by atomic mass is 9.67. The van der Waals surface area contributed by atoms with Crippen LogP contribution < -0.4 is 9.80 Å². The van der Waals surface area contributed by atoms with Crippen LogP contribution in [0.15, 0.2) is 290 Å². The predicted molar refractivity (Wildman–Crippen MR) is 322 cm³/mol. The third-order valence-electron chi connectivity index (χ3n) is 16.3. The summed E-state index contributed by atoms with van der Waals surface area (Å²) in [6.45, 7) is 4.67. The first-order valence-corrected chi connectivity index (χ1v) is 26.6. The van der Waals surface area contributed by atoms with Crippen molar-refractivity contribution in [1.82, 2.24) is 0 Å². The molecule has 0 bridgehead atoms. The van der Waals surface area contributed by atoms with Crippen molar-refractivity contribution in [3.05, 3.63) is 308 Å². The van der Waals surface area contributed by atoms with Gasteiger partial charge < -0.3 is 14.2 Å². The van der Waals surface area contributed by atoms with Gasteiger partial charge in [-0.25, -0.2) is 0 Å². The summed E-state index contributed by atoms with van der Waals surface area (Å²) in [5.41, 5.74) is 25.2. The Bertz CT molecular complexity index is 4410. The van der Waals surface area contributed by atoms with Gasteiger partial charge in [0.15, 0.2) is 0 Å². The van der Waals surface area contributed by atoms with Crippen molar-refractivity contribution >= 4 is 61.6 Å². The molecule has 11 aromatic carbocycles. The van der Waals surface area contributed by atoms with Gasteiger partial charge in [0, 0.05) is 44.5 Å². The smallest absolute Gasteiger partial charge is 0.136 e. The fourth-order valence-electron chi connectivity index (χ4n) is 13.0. The van der Waals surface area contributed by atoms with Crippen LogP contribution in [0.4, 0.5) is 34.1 Å². The van der Waals surface area contributed by atoms with Crippen LogP contribution in [-0.2, 0) is 5.41 Å². The SMILES string of the molecule is C=C1/C=C\C=C/CC2(c3cc(N(c4ccc5c(c4)-c4ccccc4-c4ccccc4N5c4ccccc4)c4ccccc4-c4ccccc4)ccc3-c3ccccc31)c1ccccc1-c1c2ccc2oc3ccccc3c12. The molecular weight excluding hydrogens is 933 g/mol. The van der Waals surface area contributed by atoms with Crippen molar-refractivity contribution in [3.63, 3.8) is 0 Å². The van der Waals surface area contributed by atoms with E-state index in [-0.39, 0.29) is 0 Å². The van der Waals surface area contributed by atoms with Gasteiger partial charge in [-0.05, 0) is 140 Å². The minimum atomic E-state index is -0.647. The molecule has 1 aromatic heterocycles. The van der Waals surface area contributed by atoms with Crippen molar-refractivity contribution in [1.29, 1.82) is 0 Å². The number of benzene rings is 11. The maximum atomic E-state index is 6.67. The summed E-state index contributed by atoms with van der Waals surface area (Å²) in [7, 11) is 0. The van der Waals surface area contributed by atoms with Crippen LogP contribution in [0.25, 0.3) is 83.1 Å². The molecule has 0 amide bonds. The van der Waals surface area contributed by atoms with E-state index in [1.807, 2.05) is 0 Å². The number of allylic oxidation sites excluding steroid dienone is 5. The van der Waals surface area contributed by atoms with Crippen molar-refractivity contribution in [2.45, 2.75) is 11.8 Å². The minimum absolute atomic E-state index is 0.647. The molecule has 362 valence electrons. The van der Waals surface area contributed by atoms with E-state index in [1.54, 1.807) is 0 Å². The second-order valence-corrected chi connectivity index (χ2v) is 20.4. The lowest BCUT2D eigenvalue weighted by molar-refractivity contribution is 0.645. The zero-order chi connectivity index (χ0) is 51.0. The largest absolute Gasteiger partial charge is 0.456 e. The van der Waals surface area contributed by atoms with Crippen molar-refractivity contribution in [2.24, 2.45) is 0 Å². The summed E-state index contributed by atoms with van der Waals surface area (Å²) in [4.78, 5) is 4.94. The zero-order valence-electron chi connectivity index (χ0n) is 42.3. The summed E-state index contributed by atoms with van der Waals surface area (Å²) in [6.07, 6.45) is 9.58. The number of hydrogen-bond donors (Lipinski definition) is 0. The molecule has 12 aromatic rings. The van der Waals surface area contributed by atoms with E-state index < -0.39 is 5.41 Å². The monoisotopic (exact) mass is 982 g/mol. The Morgan fingerprint density at radius 3 is 1.84 bits per heavy atom. The Hall–Kier alpha value is -9.96. The number of furan rings is 1. The first-order valence-electron chi connectivity index (χ1n) is 26.6. The highest BCUT2D eigenvalue weighted by Crippen LogP contribution is 2.61. The quantitative estimate of drug-likeness (QED) is 0.171. The Balaban J connectivity index is 1.05. The van der Waals surface area contributed by atoms with Crippen LogP contribution in [0.3, 0.4) is 0 Å². The van der Waals surface area contributed by atoms with Gasteiger partial charge >= 0.3 is 0 Å². The number of fused-ring (bicyclic) bond motifs is 18. The van der Waals surface area contributed by atoms with Crippen molar-refractivity contribution in [3.8, 4) is 55.6 Å². The average Bonchev–Trinajstić information content (AvgIpc) is 4.22. The standard InChI is InChI=1S/C74H50N2O/c1-49-23-5-4-22-46-74(64-36-18-14-34-61(64)72-65(74)43-45-71-73(72)62-35-17-21-39-70(62)77-71)66-48-53(40-42-59(66)56-30-11-10-28-54(49)56)75(67-37-19-15-29-55(67)50-24-6-2-7-25-50)52-41-44-69-63(47-52)58-32-13-12-31-57(58)60-33-16-20-38-68(60)76(69)51-26-8-3-9-27-51/h2-45,47-48H,1,46H2/b22-4-,23-5-. The number of anilines is 6. The zero-order valence-corrected chi connectivity index (χ0v) is 42.3. The fourth-order valence-corrected chi connectivity index (χ4v) is 13.0. The molecule has 2 aliphatic carbocycles. The predicted octanol–water partition coefficient (Wildman–Crippen LogP) is 20.4. The maximum Gasteiger partial charge on any atom is 0.136 e. The molecule has 3 nitrogen and oxygen atoms in total. The molecule has 3 heteroatoms. The first kappa shape index (κ1) is 44.5. The van der Waals surface area contributed by atoms with E-state index in [9.17, 15) is 0 Å². The summed E-state index contributed by atoms with van der Waals surface area (Å²) in [5, 5.41) is 2.28. The minimum Gasteiger partial charge on any atom is -0.456 e. The number of hydrogen-bond acceptors (Lipinski definition) is 3. The van der Waals surface area contributed by atoms with E-state index in [2.05, 4.69) is 295 Å². The summed E-state index contributed by atoms with van der Waals surface area (Å²) in [5.74, 6) is 0.